The van der Waals surface area contributed by atoms with Gasteiger partial charge in [-0.2, -0.15) is 0 Å². The molecule has 0 aliphatic rings. The van der Waals surface area contributed by atoms with Crippen molar-refractivity contribution in [1.82, 2.24) is 0 Å². The van der Waals surface area contributed by atoms with Gasteiger partial charge in [-0.05, 0) is 37.1 Å². The molecule has 1 aromatic rings. The molecule has 1 unspecified atom stereocenters. The molecule has 0 aliphatic heterocycles. The number of ketones is 1. The summed E-state index contributed by atoms with van der Waals surface area (Å²) in [5.41, 5.74) is 1.17. The summed E-state index contributed by atoms with van der Waals surface area (Å²) in [6.07, 6.45) is -1.08. The zero-order valence-electron chi connectivity index (χ0n) is 7.61. The Balaban J connectivity index is 3.03. The molecule has 0 saturated carbocycles. The molecule has 13 heavy (non-hydrogen) atoms. The van der Waals surface area contributed by atoms with Gasteiger partial charge < -0.3 is 10.2 Å². The van der Waals surface area contributed by atoms with Crippen LogP contribution in [0.2, 0.25) is 0 Å². The Bertz CT molecular complexity index is 331. The van der Waals surface area contributed by atoms with E-state index in [-0.39, 0.29) is 11.5 Å². The highest BCUT2D eigenvalue weighted by atomic mass is 16.3. The molecule has 2 N–H and O–H groups in total. The molecule has 1 atom stereocenters. The Morgan fingerprint density at radius 1 is 1.46 bits per heavy atom. The molecule has 0 spiro atoms. The van der Waals surface area contributed by atoms with Crippen LogP contribution in [0.1, 0.15) is 24.2 Å². The summed E-state index contributed by atoms with van der Waals surface area (Å²) in [5, 5.41) is 18.6. The molecule has 3 heteroatoms. The average Bonchev–Trinajstić information content (AvgIpc) is 2.08. The largest absolute Gasteiger partial charge is 0.508 e. The second kappa shape index (κ2) is 3.58. The second-order valence-electron chi connectivity index (χ2n) is 3.06. The number of hydrogen-bond donors (Lipinski definition) is 2. The van der Waals surface area contributed by atoms with Crippen LogP contribution < -0.4 is 0 Å². The van der Waals surface area contributed by atoms with Crippen molar-refractivity contribution in [2.45, 2.75) is 20.0 Å². The van der Waals surface area contributed by atoms with Gasteiger partial charge in [-0.25, -0.2) is 0 Å². The molecule has 0 bridgehead atoms. The highest BCUT2D eigenvalue weighted by molar-refractivity contribution is 5.81. The Labute approximate surface area is 76.6 Å². The molecular formula is C10H12O3. The minimum Gasteiger partial charge on any atom is -0.508 e. The van der Waals surface area contributed by atoms with Gasteiger partial charge in [-0.3, -0.25) is 4.79 Å². The van der Waals surface area contributed by atoms with E-state index in [2.05, 4.69) is 0 Å². The van der Waals surface area contributed by atoms with Gasteiger partial charge in [0.1, 0.15) is 11.9 Å². The topological polar surface area (TPSA) is 57.5 Å². The summed E-state index contributed by atoms with van der Waals surface area (Å²) < 4.78 is 0. The van der Waals surface area contributed by atoms with Crippen molar-refractivity contribution in [3.05, 3.63) is 29.3 Å². The van der Waals surface area contributed by atoms with E-state index in [1.807, 2.05) is 0 Å². The van der Waals surface area contributed by atoms with E-state index >= 15 is 0 Å². The van der Waals surface area contributed by atoms with E-state index in [9.17, 15) is 15.0 Å². The average molecular weight is 180 g/mol. The van der Waals surface area contributed by atoms with E-state index in [0.717, 1.165) is 0 Å². The number of aliphatic hydroxyl groups is 1. The minimum absolute atomic E-state index is 0.166. The molecule has 0 aromatic heterocycles. The lowest BCUT2D eigenvalue weighted by Gasteiger charge is -2.08. The number of phenols is 1. The molecule has 0 fully saturated rings. The fourth-order valence-corrected chi connectivity index (χ4v) is 1.08. The van der Waals surface area contributed by atoms with Crippen molar-refractivity contribution in [3.8, 4) is 5.75 Å². The summed E-state index contributed by atoms with van der Waals surface area (Å²) in [7, 11) is 0. The van der Waals surface area contributed by atoms with Crippen molar-refractivity contribution in [2.75, 3.05) is 0 Å². The van der Waals surface area contributed by atoms with Crippen LogP contribution in [0, 0.1) is 6.92 Å². The number of phenolic OH excluding ortho intramolecular Hbond substituents is 1. The number of benzene rings is 1. The van der Waals surface area contributed by atoms with Gasteiger partial charge in [-0.15, -0.1) is 0 Å². The zero-order valence-corrected chi connectivity index (χ0v) is 7.61. The first-order valence-electron chi connectivity index (χ1n) is 4.00. The number of rotatable bonds is 2. The smallest absolute Gasteiger partial charge is 0.162 e. The molecule has 70 valence electrons. The molecule has 0 heterocycles. The minimum atomic E-state index is -1.08. The quantitative estimate of drug-likeness (QED) is 0.721. The van der Waals surface area contributed by atoms with Crippen molar-refractivity contribution in [2.24, 2.45) is 0 Å². The van der Waals surface area contributed by atoms with Gasteiger partial charge in [0.15, 0.2) is 5.78 Å². The highest BCUT2D eigenvalue weighted by Gasteiger charge is 2.12. The van der Waals surface area contributed by atoms with Crippen LogP contribution in [0.5, 0.6) is 5.75 Å². The molecule has 3 nitrogen and oxygen atoms in total. The summed E-state index contributed by atoms with van der Waals surface area (Å²) >= 11 is 0. The van der Waals surface area contributed by atoms with Crippen LogP contribution in [-0.4, -0.2) is 16.0 Å². The number of carbonyl (C=O) groups excluding carboxylic acids is 1. The molecule has 0 saturated heterocycles. The Morgan fingerprint density at radius 2 is 2.08 bits per heavy atom. The first-order valence-corrected chi connectivity index (χ1v) is 4.00. The fraction of sp³-hybridized carbons (Fsp3) is 0.300. The van der Waals surface area contributed by atoms with E-state index < -0.39 is 6.10 Å². The van der Waals surface area contributed by atoms with Gasteiger partial charge in [0, 0.05) is 0 Å². The fourth-order valence-electron chi connectivity index (χ4n) is 1.08. The maximum Gasteiger partial charge on any atom is 0.162 e. The van der Waals surface area contributed by atoms with Gasteiger partial charge >= 0.3 is 0 Å². The predicted molar refractivity (Wildman–Crippen MR) is 48.5 cm³/mol. The van der Waals surface area contributed by atoms with Gasteiger partial charge in [0.25, 0.3) is 0 Å². The summed E-state index contributed by atoms with van der Waals surface area (Å²) in [6.45, 7) is 3.04. The first kappa shape index (κ1) is 9.74. The summed E-state index contributed by atoms with van der Waals surface area (Å²) in [4.78, 5) is 10.8. The maximum absolute atomic E-state index is 10.8. The number of aromatic hydroxyl groups is 1. The summed E-state index contributed by atoms with van der Waals surface area (Å²) in [6, 6.07) is 4.60. The van der Waals surface area contributed by atoms with Crippen LogP contribution in [0.4, 0.5) is 0 Å². The van der Waals surface area contributed by atoms with Gasteiger partial charge in [0.2, 0.25) is 0 Å². The molecule has 1 aromatic carbocycles. The third-order valence-electron chi connectivity index (χ3n) is 1.92. The number of aryl methyl sites for hydroxylation is 1. The van der Waals surface area contributed by atoms with Crippen LogP contribution in [0.25, 0.3) is 0 Å². The molecule has 0 radical (unpaired) electrons. The van der Waals surface area contributed by atoms with E-state index in [0.29, 0.717) is 11.1 Å². The second-order valence-corrected chi connectivity index (χ2v) is 3.06. The number of hydrogen-bond acceptors (Lipinski definition) is 3. The van der Waals surface area contributed by atoms with E-state index in [1.54, 1.807) is 13.0 Å². The van der Waals surface area contributed by atoms with Crippen molar-refractivity contribution in [1.29, 1.82) is 0 Å². The van der Waals surface area contributed by atoms with Crippen LogP contribution in [-0.2, 0) is 4.79 Å². The predicted octanol–water partition coefficient (Wildman–Crippen LogP) is 1.32. The van der Waals surface area contributed by atoms with Gasteiger partial charge in [0.05, 0.1) is 0 Å². The number of aliphatic hydroxyl groups excluding tert-OH is 1. The van der Waals surface area contributed by atoms with Crippen molar-refractivity contribution >= 4 is 5.78 Å². The molecule has 0 amide bonds. The molecule has 1 rings (SSSR count). The van der Waals surface area contributed by atoms with Crippen LogP contribution in [0.15, 0.2) is 18.2 Å². The third kappa shape index (κ3) is 2.06. The van der Waals surface area contributed by atoms with Crippen molar-refractivity contribution < 1.29 is 15.0 Å². The molecule has 0 aliphatic carbocycles. The summed E-state index contributed by atoms with van der Waals surface area (Å²) in [5.74, 6) is -0.135. The third-order valence-corrected chi connectivity index (χ3v) is 1.92. The van der Waals surface area contributed by atoms with Crippen molar-refractivity contribution in [3.63, 3.8) is 0 Å². The van der Waals surface area contributed by atoms with Gasteiger partial charge in [-0.1, -0.05) is 6.07 Å². The Morgan fingerprint density at radius 3 is 2.54 bits per heavy atom. The lowest BCUT2D eigenvalue weighted by molar-refractivity contribution is -0.125. The highest BCUT2D eigenvalue weighted by Crippen LogP contribution is 2.21. The Kier molecular flexibility index (Phi) is 2.68. The lowest BCUT2D eigenvalue weighted by Crippen LogP contribution is -2.07. The Hall–Kier alpha value is -1.35. The lowest BCUT2D eigenvalue weighted by atomic mass is 10.0. The normalized spacial score (nSPS) is 12.5. The van der Waals surface area contributed by atoms with Crippen LogP contribution >= 0.6 is 0 Å². The van der Waals surface area contributed by atoms with E-state index in [4.69, 9.17) is 0 Å². The maximum atomic E-state index is 10.8. The molecular weight excluding hydrogens is 168 g/mol. The van der Waals surface area contributed by atoms with Crippen LogP contribution in [0.3, 0.4) is 0 Å². The standard InChI is InChI=1S/C10H12O3/c1-6-5-8(3-4-9(6)12)10(13)7(2)11/h3-5,10,12-13H,1-2H3. The first-order chi connectivity index (χ1) is 6.02. The van der Waals surface area contributed by atoms with E-state index in [1.165, 1.54) is 19.1 Å². The number of Topliss-reactive ketones (excluding diaryl/α,β-unsaturated/α-hetero) is 1. The monoisotopic (exact) mass is 180 g/mol. The SMILES string of the molecule is CC(=O)C(O)c1ccc(O)c(C)c1. The number of carbonyl (C=O) groups is 1. The zero-order chi connectivity index (χ0) is 10.0.